The van der Waals surface area contributed by atoms with E-state index in [1.54, 1.807) is 0 Å². The summed E-state index contributed by atoms with van der Waals surface area (Å²) >= 11 is 0. The van der Waals surface area contributed by atoms with Gasteiger partial charge in [-0.3, -0.25) is 4.79 Å². The Morgan fingerprint density at radius 3 is 2.72 bits per heavy atom. The van der Waals surface area contributed by atoms with Gasteiger partial charge in [-0.2, -0.15) is 0 Å². The lowest BCUT2D eigenvalue weighted by Crippen LogP contribution is -2.29. The Bertz CT molecular complexity index is 402. The first-order valence-corrected chi connectivity index (χ1v) is 6.43. The van der Waals surface area contributed by atoms with E-state index in [1.807, 2.05) is 31.2 Å². The second kappa shape index (κ2) is 6.28. The van der Waals surface area contributed by atoms with Crippen LogP contribution in [0.25, 0.3) is 0 Å². The molecule has 1 amide bonds. The third-order valence-corrected chi connectivity index (χ3v) is 2.73. The number of hydrogen-bond donors (Lipinski definition) is 1. The number of benzene rings is 1. The van der Waals surface area contributed by atoms with Gasteiger partial charge in [0.15, 0.2) is 0 Å². The van der Waals surface area contributed by atoms with Crippen LogP contribution in [0.1, 0.15) is 19.8 Å². The van der Waals surface area contributed by atoms with E-state index >= 15 is 0 Å². The van der Waals surface area contributed by atoms with Crippen molar-refractivity contribution in [1.82, 2.24) is 5.32 Å². The van der Waals surface area contributed by atoms with E-state index < -0.39 is 0 Å². The Kier molecular flexibility index (Phi) is 4.45. The van der Waals surface area contributed by atoms with Crippen LogP contribution in [0.2, 0.25) is 0 Å². The molecule has 1 aromatic carbocycles. The van der Waals surface area contributed by atoms with Gasteiger partial charge < -0.3 is 14.8 Å². The van der Waals surface area contributed by atoms with E-state index in [0.29, 0.717) is 19.8 Å². The maximum absolute atomic E-state index is 11.4. The summed E-state index contributed by atoms with van der Waals surface area (Å²) in [6.45, 7) is 3.62. The predicted octanol–water partition coefficient (Wildman–Crippen LogP) is 1.99. The average molecular weight is 249 g/mol. The van der Waals surface area contributed by atoms with Crippen LogP contribution in [0.3, 0.4) is 0 Å². The standard InChI is InChI=1S/C14H19NO3/c1-2-17-12-4-3-5-13(10-12)18-9-8-15-14(16)11-6-7-11/h3-5,10-11H,2,6-9H2,1H3,(H,15,16). The van der Waals surface area contributed by atoms with Gasteiger partial charge in [0.2, 0.25) is 5.91 Å². The smallest absolute Gasteiger partial charge is 0.223 e. The van der Waals surface area contributed by atoms with Crippen molar-refractivity contribution in [3.8, 4) is 11.5 Å². The molecule has 2 rings (SSSR count). The van der Waals surface area contributed by atoms with E-state index in [-0.39, 0.29) is 11.8 Å². The second-order valence-electron chi connectivity index (χ2n) is 4.32. The fourth-order valence-electron chi connectivity index (χ4n) is 1.65. The van der Waals surface area contributed by atoms with E-state index in [0.717, 1.165) is 24.3 Å². The number of ether oxygens (including phenoxy) is 2. The first kappa shape index (κ1) is 12.7. The van der Waals surface area contributed by atoms with Gasteiger partial charge in [-0.1, -0.05) is 6.07 Å². The first-order valence-electron chi connectivity index (χ1n) is 6.43. The Labute approximate surface area is 107 Å². The summed E-state index contributed by atoms with van der Waals surface area (Å²) in [5.74, 6) is 1.98. The highest BCUT2D eigenvalue weighted by Crippen LogP contribution is 2.28. The van der Waals surface area contributed by atoms with Crippen LogP contribution in [0.4, 0.5) is 0 Å². The molecule has 1 aliphatic rings. The summed E-state index contributed by atoms with van der Waals surface area (Å²) in [5, 5.41) is 2.86. The SMILES string of the molecule is CCOc1cccc(OCCNC(=O)C2CC2)c1. The lowest BCUT2D eigenvalue weighted by atomic mass is 10.3. The van der Waals surface area contributed by atoms with Crippen molar-refractivity contribution >= 4 is 5.91 Å². The summed E-state index contributed by atoms with van der Waals surface area (Å²) in [6.07, 6.45) is 2.06. The fourth-order valence-corrected chi connectivity index (χ4v) is 1.65. The highest BCUT2D eigenvalue weighted by atomic mass is 16.5. The Morgan fingerprint density at radius 1 is 1.33 bits per heavy atom. The number of carbonyl (C=O) groups excluding carboxylic acids is 1. The minimum atomic E-state index is 0.154. The molecule has 1 saturated carbocycles. The Balaban J connectivity index is 1.68. The zero-order chi connectivity index (χ0) is 12.8. The normalized spacial score (nSPS) is 14.1. The predicted molar refractivity (Wildman–Crippen MR) is 68.8 cm³/mol. The van der Waals surface area contributed by atoms with Gasteiger partial charge in [-0.25, -0.2) is 0 Å². The van der Waals surface area contributed by atoms with Gasteiger partial charge in [-0.15, -0.1) is 0 Å². The highest BCUT2D eigenvalue weighted by Gasteiger charge is 2.28. The summed E-state index contributed by atoms with van der Waals surface area (Å²) in [4.78, 5) is 11.4. The highest BCUT2D eigenvalue weighted by molar-refractivity contribution is 5.80. The third kappa shape index (κ3) is 3.95. The number of carbonyl (C=O) groups is 1. The molecule has 0 heterocycles. The van der Waals surface area contributed by atoms with Crippen molar-refractivity contribution < 1.29 is 14.3 Å². The van der Waals surface area contributed by atoms with Gasteiger partial charge in [0.1, 0.15) is 18.1 Å². The lowest BCUT2D eigenvalue weighted by Gasteiger charge is -2.09. The Morgan fingerprint density at radius 2 is 2.06 bits per heavy atom. The topological polar surface area (TPSA) is 47.6 Å². The monoisotopic (exact) mass is 249 g/mol. The van der Waals surface area contributed by atoms with E-state index in [4.69, 9.17) is 9.47 Å². The zero-order valence-electron chi connectivity index (χ0n) is 10.6. The molecule has 4 nitrogen and oxygen atoms in total. The molecule has 1 aromatic rings. The molecule has 0 radical (unpaired) electrons. The number of rotatable bonds is 7. The summed E-state index contributed by atoms with van der Waals surface area (Å²) in [5.41, 5.74) is 0. The molecule has 98 valence electrons. The number of amides is 1. The third-order valence-electron chi connectivity index (χ3n) is 2.73. The van der Waals surface area contributed by atoms with Crippen molar-refractivity contribution in [1.29, 1.82) is 0 Å². The molecule has 1 N–H and O–H groups in total. The summed E-state index contributed by atoms with van der Waals surface area (Å²) in [6, 6.07) is 7.52. The van der Waals surface area contributed by atoms with Gasteiger partial charge in [0.05, 0.1) is 13.2 Å². The molecule has 0 aromatic heterocycles. The van der Waals surface area contributed by atoms with Crippen LogP contribution in [-0.2, 0) is 4.79 Å². The van der Waals surface area contributed by atoms with Gasteiger partial charge in [0, 0.05) is 12.0 Å². The molecule has 0 spiro atoms. The average Bonchev–Trinajstić information content (AvgIpc) is 3.19. The lowest BCUT2D eigenvalue weighted by molar-refractivity contribution is -0.122. The minimum Gasteiger partial charge on any atom is -0.494 e. The van der Waals surface area contributed by atoms with Crippen LogP contribution < -0.4 is 14.8 Å². The van der Waals surface area contributed by atoms with Crippen molar-refractivity contribution in [2.75, 3.05) is 19.8 Å². The second-order valence-corrected chi connectivity index (χ2v) is 4.32. The molecule has 0 saturated heterocycles. The molecule has 1 aliphatic carbocycles. The first-order chi connectivity index (χ1) is 8.79. The molecule has 18 heavy (non-hydrogen) atoms. The van der Waals surface area contributed by atoms with Crippen LogP contribution in [-0.4, -0.2) is 25.7 Å². The van der Waals surface area contributed by atoms with Crippen molar-refractivity contribution in [2.45, 2.75) is 19.8 Å². The molecule has 4 heteroatoms. The van der Waals surface area contributed by atoms with E-state index in [9.17, 15) is 4.79 Å². The van der Waals surface area contributed by atoms with Gasteiger partial charge in [-0.05, 0) is 31.9 Å². The van der Waals surface area contributed by atoms with Crippen molar-refractivity contribution in [2.24, 2.45) is 5.92 Å². The van der Waals surface area contributed by atoms with Crippen molar-refractivity contribution in [3.05, 3.63) is 24.3 Å². The molecular formula is C14H19NO3. The molecule has 0 bridgehead atoms. The maximum Gasteiger partial charge on any atom is 0.223 e. The van der Waals surface area contributed by atoms with Crippen LogP contribution in [0.5, 0.6) is 11.5 Å². The van der Waals surface area contributed by atoms with Crippen molar-refractivity contribution in [3.63, 3.8) is 0 Å². The molecule has 1 fully saturated rings. The molecule has 0 unspecified atom stereocenters. The van der Waals surface area contributed by atoms with E-state index in [2.05, 4.69) is 5.32 Å². The molecule has 0 aliphatic heterocycles. The summed E-state index contributed by atoms with van der Waals surface area (Å²) < 4.78 is 10.9. The minimum absolute atomic E-state index is 0.154. The van der Waals surface area contributed by atoms with Crippen LogP contribution >= 0.6 is 0 Å². The maximum atomic E-state index is 11.4. The zero-order valence-corrected chi connectivity index (χ0v) is 10.6. The molecular weight excluding hydrogens is 230 g/mol. The fraction of sp³-hybridized carbons (Fsp3) is 0.500. The Hall–Kier alpha value is -1.71. The van der Waals surface area contributed by atoms with Gasteiger partial charge >= 0.3 is 0 Å². The quantitative estimate of drug-likeness (QED) is 0.752. The number of nitrogens with one attached hydrogen (secondary N) is 1. The van der Waals surface area contributed by atoms with Crippen LogP contribution in [0.15, 0.2) is 24.3 Å². The van der Waals surface area contributed by atoms with Crippen LogP contribution in [0, 0.1) is 5.92 Å². The van der Waals surface area contributed by atoms with Gasteiger partial charge in [0.25, 0.3) is 0 Å². The largest absolute Gasteiger partial charge is 0.494 e. The number of hydrogen-bond acceptors (Lipinski definition) is 3. The molecule has 0 atom stereocenters. The summed E-state index contributed by atoms with van der Waals surface area (Å²) in [7, 11) is 0. The van der Waals surface area contributed by atoms with E-state index in [1.165, 1.54) is 0 Å².